The highest BCUT2D eigenvalue weighted by molar-refractivity contribution is 7.80. The monoisotopic (exact) mass is 313 g/mol. The molecule has 0 aliphatic heterocycles. The first-order valence-corrected chi connectivity index (χ1v) is 6.07. The number of pyridine rings is 1. The summed E-state index contributed by atoms with van der Waals surface area (Å²) >= 11 is 4.45. The zero-order valence-corrected chi connectivity index (χ0v) is 11.4. The van der Waals surface area contributed by atoms with Crippen molar-refractivity contribution < 1.29 is 27.1 Å². The Labute approximate surface area is 117 Å². The van der Waals surface area contributed by atoms with Gasteiger partial charge in [0.1, 0.15) is 11.4 Å². The number of hydrogen-bond donors (Lipinski definition) is 1. The van der Waals surface area contributed by atoms with Gasteiger partial charge < -0.3 is 5.11 Å². The molecule has 0 aliphatic carbocycles. The summed E-state index contributed by atoms with van der Waals surface area (Å²) < 4.78 is 63.8. The van der Waals surface area contributed by atoms with Crippen molar-refractivity contribution in [2.75, 3.05) is 0 Å². The van der Waals surface area contributed by atoms with Gasteiger partial charge in [0, 0.05) is 0 Å². The first-order valence-electron chi connectivity index (χ1n) is 5.66. The van der Waals surface area contributed by atoms with Gasteiger partial charge in [0.15, 0.2) is 5.05 Å². The minimum atomic E-state index is -4.84. The fourth-order valence-electron chi connectivity index (χ4n) is 1.77. The number of rotatable bonds is 4. The van der Waals surface area contributed by atoms with Crippen molar-refractivity contribution in [2.24, 2.45) is 5.92 Å². The Hall–Kier alpha value is -1.31. The quantitative estimate of drug-likeness (QED) is 0.657. The predicted octanol–water partition coefficient (Wildman–Crippen LogP) is 4.47. The number of halogens is 5. The van der Waals surface area contributed by atoms with E-state index in [4.69, 9.17) is 0 Å². The van der Waals surface area contributed by atoms with Crippen LogP contribution in [-0.4, -0.2) is 15.1 Å². The van der Waals surface area contributed by atoms with Gasteiger partial charge in [0.25, 0.3) is 6.43 Å². The Balaban J connectivity index is 3.59. The zero-order valence-electron chi connectivity index (χ0n) is 10.6. The van der Waals surface area contributed by atoms with Gasteiger partial charge in [-0.15, -0.1) is 0 Å². The largest absolute Gasteiger partial charge is 0.498 e. The van der Waals surface area contributed by atoms with Crippen molar-refractivity contribution in [3.05, 3.63) is 28.6 Å². The standard InChI is InChI=1S/C12H12F5NOS/c1-5(2)3-6-4-7(12(15,16)17)18-9(10(13)14)8(6)11(19)20/h4-5,10H,3H2,1-2H3,(H,19,20). The van der Waals surface area contributed by atoms with Gasteiger partial charge in [-0.25, -0.2) is 13.8 Å². The molecule has 1 heterocycles. The predicted molar refractivity (Wildman–Crippen MR) is 67.1 cm³/mol. The summed E-state index contributed by atoms with van der Waals surface area (Å²) in [6.45, 7) is 3.42. The summed E-state index contributed by atoms with van der Waals surface area (Å²) in [5.41, 5.74) is -3.10. The number of aromatic nitrogens is 1. The fourth-order valence-corrected chi connectivity index (χ4v) is 2.01. The van der Waals surface area contributed by atoms with E-state index in [0.29, 0.717) is 6.07 Å². The second-order valence-electron chi connectivity index (χ2n) is 4.63. The molecule has 0 spiro atoms. The van der Waals surface area contributed by atoms with E-state index in [2.05, 4.69) is 17.2 Å². The summed E-state index contributed by atoms with van der Waals surface area (Å²) in [6.07, 6.45) is -8.03. The number of aliphatic hydroxyl groups excluding tert-OH is 1. The highest BCUT2D eigenvalue weighted by atomic mass is 32.1. The van der Waals surface area contributed by atoms with Crippen LogP contribution in [0.4, 0.5) is 22.0 Å². The SMILES string of the molecule is CC(C)Cc1cc(C(F)(F)F)nc(C(F)F)c1C(O)=S. The molecule has 0 atom stereocenters. The highest BCUT2D eigenvalue weighted by Gasteiger charge is 2.36. The molecule has 0 amide bonds. The molecule has 20 heavy (non-hydrogen) atoms. The third kappa shape index (κ3) is 3.84. The van der Waals surface area contributed by atoms with Crippen molar-refractivity contribution in [3.8, 4) is 0 Å². The lowest BCUT2D eigenvalue weighted by molar-refractivity contribution is -0.141. The van der Waals surface area contributed by atoms with E-state index in [1.807, 2.05) is 0 Å². The zero-order chi connectivity index (χ0) is 15.7. The van der Waals surface area contributed by atoms with Crippen molar-refractivity contribution in [1.82, 2.24) is 4.98 Å². The van der Waals surface area contributed by atoms with Gasteiger partial charge in [-0.05, 0) is 36.2 Å². The normalized spacial score (nSPS) is 12.2. The van der Waals surface area contributed by atoms with Crippen LogP contribution in [-0.2, 0) is 12.6 Å². The Morgan fingerprint density at radius 3 is 2.25 bits per heavy atom. The van der Waals surface area contributed by atoms with Crippen LogP contribution in [0.3, 0.4) is 0 Å². The molecular weight excluding hydrogens is 301 g/mol. The van der Waals surface area contributed by atoms with E-state index in [1.54, 1.807) is 13.8 Å². The van der Waals surface area contributed by atoms with Crippen LogP contribution in [0.5, 0.6) is 0 Å². The summed E-state index contributed by atoms with van der Waals surface area (Å²) in [7, 11) is 0. The maximum Gasteiger partial charge on any atom is 0.433 e. The maximum absolute atomic E-state index is 12.9. The second-order valence-corrected chi connectivity index (χ2v) is 5.02. The lowest BCUT2D eigenvalue weighted by Crippen LogP contribution is -2.17. The van der Waals surface area contributed by atoms with Crippen molar-refractivity contribution in [1.29, 1.82) is 0 Å². The molecule has 0 aromatic carbocycles. The molecule has 0 fully saturated rings. The lowest BCUT2D eigenvalue weighted by Gasteiger charge is -2.17. The summed E-state index contributed by atoms with van der Waals surface area (Å²) in [6, 6.07) is 0.656. The highest BCUT2D eigenvalue weighted by Crippen LogP contribution is 2.33. The van der Waals surface area contributed by atoms with Crippen LogP contribution >= 0.6 is 12.2 Å². The van der Waals surface area contributed by atoms with E-state index in [1.165, 1.54) is 0 Å². The number of aliphatic hydroxyl groups is 1. The number of thiocarbonyl (C=S) groups is 1. The van der Waals surface area contributed by atoms with Gasteiger partial charge in [-0.3, -0.25) is 0 Å². The molecule has 1 aromatic heterocycles. The van der Waals surface area contributed by atoms with Gasteiger partial charge in [0.05, 0.1) is 5.56 Å². The van der Waals surface area contributed by atoms with E-state index >= 15 is 0 Å². The Morgan fingerprint density at radius 1 is 1.35 bits per heavy atom. The summed E-state index contributed by atoms with van der Waals surface area (Å²) in [5, 5.41) is 8.44. The molecule has 0 aliphatic rings. The van der Waals surface area contributed by atoms with Crippen LogP contribution in [0.1, 0.15) is 42.8 Å². The van der Waals surface area contributed by atoms with E-state index in [0.717, 1.165) is 0 Å². The molecule has 0 radical (unpaired) electrons. The smallest absolute Gasteiger partial charge is 0.433 e. The van der Waals surface area contributed by atoms with Crippen molar-refractivity contribution >= 4 is 17.3 Å². The first kappa shape index (κ1) is 16.7. The molecule has 1 aromatic rings. The van der Waals surface area contributed by atoms with Crippen LogP contribution < -0.4 is 0 Å². The third-order valence-electron chi connectivity index (χ3n) is 2.47. The topological polar surface area (TPSA) is 33.1 Å². The molecule has 0 saturated heterocycles. The maximum atomic E-state index is 12.9. The Kier molecular flexibility index (Phi) is 5.01. The van der Waals surface area contributed by atoms with Crippen molar-refractivity contribution in [2.45, 2.75) is 32.9 Å². The van der Waals surface area contributed by atoms with E-state index in [9.17, 15) is 27.1 Å². The van der Waals surface area contributed by atoms with Crippen LogP contribution in [0.2, 0.25) is 0 Å². The Bertz CT molecular complexity index is 513. The minimum absolute atomic E-state index is 0.0708. The average Bonchev–Trinajstić information content (AvgIpc) is 2.25. The Morgan fingerprint density at radius 2 is 1.90 bits per heavy atom. The molecule has 0 unspecified atom stereocenters. The molecule has 0 saturated carbocycles. The first-order chi connectivity index (χ1) is 9.04. The van der Waals surface area contributed by atoms with Gasteiger partial charge >= 0.3 is 6.18 Å². The van der Waals surface area contributed by atoms with Gasteiger partial charge in [0.2, 0.25) is 0 Å². The lowest BCUT2D eigenvalue weighted by atomic mass is 9.96. The van der Waals surface area contributed by atoms with Gasteiger partial charge in [-0.2, -0.15) is 13.2 Å². The van der Waals surface area contributed by atoms with Gasteiger partial charge in [-0.1, -0.05) is 13.8 Å². The minimum Gasteiger partial charge on any atom is -0.498 e. The molecule has 112 valence electrons. The number of hydrogen-bond acceptors (Lipinski definition) is 2. The molecular formula is C12H12F5NOS. The third-order valence-corrected chi connectivity index (χ3v) is 2.67. The summed E-state index contributed by atoms with van der Waals surface area (Å²) in [4.78, 5) is 2.91. The fraction of sp³-hybridized carbons (Fsp3) is 0.500. The molecule has 1 N–H and O–H groups in total. The van der Waals surface area contributed by atoms with Crippen molar-refractivity contribution in [3.63, 3.8) is 0 Å². The average molecular weight is 313 g/mol. The van der Waals surface area contributed by atoms with Crippen LogP contribution in [0.15, 0.2) is 6.07 Å². The van der Waals surface area contributed by atoms with Crippen LogP contribution in [0.25, 0.3) is 0 Å². The van der Waals surface area contributed by atoms with Crippen LogP contribution in [0, 0.1) is 5.92 Å². The molecule has 8 heteroatoms. The van der Waals surface area contributed by atoms with E-state index in [-0.39, 0.29) is 17.9 Å². The summed E-state index contributed by atoms with van der Waals surface area (Å²) in [5.74, 6) is -0.0999. The molecule has 2 nitrogen and oxygen atoms in total. The van der Waals surface area contributed by atoms with E-state index < -0.39 is 34.6 Å². The second kappa shape index (κ2) is 5.99. The number of nitrogens with zero attached hydrogens (tertiary/aromatic N) is 1. The molecule has 0 bridgehead atoms. The molecule has 1 rings (SSSR count). The number of alkyl halides is 5.